The molecule has 3 unspecified atom stereocenters. The first-order valence-electron chi connectivity index (χ1n) is 19.4. The number of hydrogen-bond donors (Lipinski definition) is 3. The van der Waals surface area contributed by atoms with E-state index in [1.54, 1.807) is 6.92 Å². The number of amides is 1. The third kappa shape index (κ3) is 26.5. The molecular weight excluding hydrogens is 794 g/mol. The van der Waals surface area contributed by atoms with Crippen molar-refractivity contribution in [1.29, 1.82) is 0 Å². The quantitative estimate of drug-likeness (QED) is 0.0330. The molecule has 58 heavy (non-hydrogen) atoms. The topological polar surface area (TPSA) is 256 Å². The number of carbonyl (C=O) groups excluding carboxylic acids is 4. The van der Waals surface area contributed by atoms with Crippen LogP contribution in [-0.4, -0.2) is 186 Å². The van der Waals surface area contributed by atoms with Gasteiger partial charge in [0.05, 0.1) is 160 Å². The molecule has 0 aromatic heterocycles. The van der Waals surface area contributed by atoms with Crippen LogP contribution in [0.5, 0.6) is 0 Å². The van der Waals surface area contributed by atoms with Gasteiger partial charge in [0.15, 0.2) is 0 Å². The molecule has 0 spiro atoms. The SMILES string of the molecule is CCCOC(=O)C(C(C(=O)NC(C)(C)CS(=O)(=O)O)C(C)C(=O)OCCOCCOCCOCCOCCOCCOCCOCCOCCO)C(C)(C)C(=O)OC. The second kappa shape index (κ2) is 32.2. The molecule has 0 aromatic rings. The van der Waals surface area contributed by atoms with Gasteiger partial charge in [-0.2, -0.15) is 8.42 Å². The van der Waals surface area contributed by atoms with E-state index in [0.717, 1.165) is 7.11 Å². The molecule has 0 radical (unpaired) electrons. The van der Waals surface area contributed by atoms with Gasteiger partial charge in [0.25, 0.3) is 10.1 Å². The van der Waals surface area contributed by atoms with Crippen LogP contribution in [0.3, 0.4) is 0 Å². The Hall–Kier alpha value is -2.57. The minimum atomic E-state index is -4.54. The van der Waals surface area contributed by atoms with Crippen LogP contribution in [0.25, 0.3) is 0 Å². The third-order valence-corrected chi connectivity index (χ3v) is 9.17. The summed E-state index contributed by atoms with van der Waals surface area (Å²) in [6.45, 7) is 13.9. The summed E-state index contributed by atoms with van der Waals surface area (Å²) in [5.41, 5.74) is -3.23. The molecule has 0 aliphatic carbocycles. The van der Waals surface area contributed by atoms with Crippen LogP contribution in [0.2, 0.25) is 0 Å². The number of ether oxygens (including phenoxy) is 11. The Morgan fingerprint density at radius 1 is 0.603 bits per heavy atom. The van der Waals surface area contributed by atoms with Crippen LogP contribution in [0.1, 0.15) is 48.0 Å². The van der Waals surface area contributed by atoms with Gasteiger partial charge in [-0.15, -0.1) is 0 Å². The largest absolute Gasteiger partial charge is 0.469 e. The Balaban J connectivity index is 4.59. The maximum Gasteiger partial charge on any atom is 0.312 e. The van der Waals surface area contributed by atoms with Gasteiger partial charge in [-0.3, -0.25) is 23.7 Å². The number of esters is 3. The van der Waals surface area contributed by atoms with E-state index in [-0.39, 0.29) is 39.6 Å². The summed E-state index contributed by atoms with van der Waals surface area (Å²) in [6.07, 6.45) is 0.432. The number of hydrogen-bond acceptors (Lipinski definition) is 18. The second-order valence-corrected chi connectivity index (χ2v) is 15.5. The van der Waals surface area contributed by atoms with Crippen LogP contribution < -0.4 is 5.32 Å². The molecule has 3 atom stereocenters. The highest BCUT2D eigenvalue weighted by atomic mass is 32.2. The Morgan fingerprint density at radius 3 is 1.31 bits per heavy atom. The number of methoxy groups -OCH3 is 1. The molecule has 0 saturated heterocycles. The van der Waals surface area contributed by atoms with Crippen molar-refractivity contribution in [2.75, 3.05) is 138 Å². The van der Waals surface area contributed by atoms with E-state index in [9.17, 15) is 32.1 Å². The highest BCUT2D eigenvalue weighted by Crippen LogP contribution is 2.39. The van der Waals surface area contributed by atoms with E-state index in [1.807, 2.05) is 0 Å². The van der Waals surface area contributed by atoms with Crippen molar-refractivity contribution in [1.82, 2.24) is 5.32 Å². The molecule has 0 bridgehead atoms. The Kier molecular flexibility index (Phi) is 30.8. The van der Waals surface area contributed by atoms with E-state index in [2.05, 4.69) is 5.32 Å². The first-order chi connectivity index (χ1) is 27.4. The van der Waals surface area contributed by atoms with Crippen molar-refractivity contribution in [3.05, 3.63) is 0 Å². The van der Waals surface area contributed by atoms with Crippen LogP contribution in [0.4, 0.5) is 0 Å². The first-order valence-corrected chi connectivity index (χ1v) is 21.0. The van der Waals surface area contributed by atoms with Gasteiger partial charge in [-0.05, 0) is 34.1 Å². The van der Waals surface area contributed by atoms with E-state index in [1.165, 1.54) is 34.6 Å². The van der Waals surface area contributed by atoms with Crippen molar-refractivity contribution >= 4 is 33.9 Å². The molecule has 3 N–H and O–H groups in total. The van der Waals surface area contributed by atoms with E-state index < -0.39 is 68.4 Å². The lowest BCUT2D eigenvalue weighted by Gasteiger charge is -2.38. The second-order valence-electron chi connectivity index (χ2n) is 14.1. The molecule has 0 fully saturated rings. The van der Waals surface area contributed by atoms with Gasteiger partial charge >= 0.3 is 17.9 Å². The average molecular weight is 864 g/mol. The van der Waals surface area contributed by atoms with Gasteiger partial charge in [-0.1, -0.05) is 13.8 Å². The molecule has 0 saturated carbocycles. The lowest BCUT2D eigenvalue weighted by molar-refractivity contribution is -0.174. The molecule has 0 aliphatic rings. The standard InChI is InChI=1S/C37H69NO19S/c1-8-10-56-34(42)31(37(5,6)35(43)47-7)30(32(40)38-36(3,4)28-58(44,45)46)29(2)33(41)57-27-26-55-25-24-54-23-22-53-21-20-52-19-18-51-17-16-50-15-14-49-13-12-48-11-9-39/h29-31,39H,8-28H2,1-7H3,(H,38,40)(H,44,45,46). The minimum absolute atomic E-state index is 0.00772. The molecule has 21 heteroatoms. The summed E-state index contributed by atoms with van der Waals surface area (Å²) in [7, 11) is -3.43. The molecule has 342 valence electrons. The van der Waals surface area contributed by atoms with E-state index in [0.29, 0.717) is 92.3 Å². The van der Waals surface area contributed by atoms with Crippen molar-refractivity contribution in [2.24, 2.45) is 23.2 Å². The zero-order valence-electron chi connectivity index (χ0n) is 35.3. The highest BCUT2D eigenvalue weighted by molar-refractivity contribution is 7.85. The fourth-order valence-electron chi connectivity index (χ4n) is 5.33. The summed E-state index contributed by atoms with van der Waals surface area (Å²) in [6, 6.07) is 0. The van der Waals surface area contributed by atoms with Gasteiger partial charge in [-0.25, -0.2) is 0 Å². The Morgan fingerprint density at radius 2 is 0.966 bits per heavy atom. The predicted molar refractivity (Wildman–Crippen MR) is 206 cm³/mol. The van der Waals surface area contributed by atoms with Crippen molar-refractivity contribution in [3.63, 3.8) is 0 Å². The van der Waals surface area contributed by atoms with E-state index >= 15 is 0 Å². The number of aliphatic hydroxyl groups is 1. The molecule has 0 rings (SSSR count). The van der Waals surface area contributed by atoms with Crippen molar-refractivity contribution in [2.45, 2.75) is 53.5 Å². The summed E-state index contributed by atoms with van der Waals surface area (Å²) < 4.78 is 91.3. The van der Waals surface area contributed by atoms with E-state index in [4.69, 9.17) is 57.2 Å². The van der Waals surface area contributed by atoms with Crippen LogP contribution in [0, 0.1) is 23.2 Å². The fraction of sp³-hybridized carbons (Fsp3) is 0.892. The minimum Gasteiger partial charge on any atom is -0.469 e. The summed E-state index contributed by atoms with van der Waals surface area (Å²) >= 11 is 0. The monoisotopic (exact) mass is 863 g/mol. The maximum atomic E-state index is 13.8. The van der Waals surface area contributed by atoms with Crippen molar-refractivity contribution < 1.29 is 89.4 Å². The summed E-state index contributed by atoms with van der Waals surface area (Å²) in [5, 5.41) is 11.1. The molecule has 0 aliphatic heterocycles. The van der Waals surface area contributed by atoms with Crippen LogP contribution in [0.15, 0.2) is 0 Å². The number of nitrogens with one attached hydrogen (secondary N) is 1. The third-order valence-electron chi connectivity index (χ3n) is 8.08. The highest BCUT2D eigenvalue weighted by Gasteiger charge is 2.53. The van der Waals surface area contributed by atoms with Gasteiger partial charge in [0.1, 0.15) is 6.61 Å². The van der Waals surface area contributed by atoms with Crippen molar-refractivity contribution in [3.8, 4) is 0 Å². The van der Waals surface area contributed by atoms with Gasteiger partial charge in [0, 0.05) is 0 Å². The average Bonchev–Trinajstić information content (AvgIpc) is 3.15. The lowest BCUT2D eigenvalue weighted by Crippen LogP contribution is -2.56. The molecule has 1 amide bonds. The van der Waals surface area contributed by atoms with Crippen LogP contribution >= 0.6 is 0 Å². The fourth-order valence-corrected chi connectivity index (χ4v) is 6.32. The molecule has 0 aromatic carbocycles. The summed E-state index contributed by atoms with van der Waals surface area (Å²) in [4.78, 5) is 53.5. The first kappa shape index (κ1) is 55.4. The zero-order chi connectivity index (χ0) is 43.9. The number of aliphatic hydroxyl groups excluding tert-OH is 1. The number of carbonyl (C=O) groups is 4. The summed E-state index contributed by atoms with van der Waals surface area (Å²) in [5.74, 6) is -9.00. The predicted octanol–water partition coefficient (Wildman–Crippen LogP) is 0.458. The Labute approximate surface area is 343 Å². The number of rotatable bonds is 38. The zero-order valence-corrected chi connectivity index (χ0v) is 36.1. The molecule has 0 heterocycles. The van der Waals surface area contributed by atoms with Crippen LogP contribution in [-0.2, 0) is 81.4 Å². The molecule has 20 nitrogen and oxygen atoms in total. The van der Waals surface area contributed by atoms with Gasteiger partial charge in [0.2, 0.25) is 5.91 Å². The lowest BCUT2D eigenvalue weighted by atomic mass is 9.67. The normalized spacial score (nSPS) is 13.7. The maximum absolute atomic E-state index is 13.8. The molecular formula is C37H69NO19S. The smallest absolute Gasteiger partial charge is 0.312 e. The van der Waals surface area contributed by atoms with Gasteiger partial charge < -0.3 is 62.5 Å². The Bertz CT molecular complexity index is 1230.